The number of carbonyl (C=O) groups is 1. The van der Waals surface area contributed by atoms with Crippen LogP contribution in [0.15, 0.2) is 60.9 Å². The number of aromatic carboxylic acids is 1. The topological polar surface area (TPSA) is 75.1 Å². The van der Waals surface area contributed by atoms with E-state index < -0.39 is 5.97 Å². The zero-order valence-corrected chi connectivity index (χ0v) is 12.7. The van der Waals surface area contributed by atoms with Gasteiger partial charge < -0.3 is 10.4 Å². The van der Waals surface area contributed by atoms with Crippen molar-refractivity contribution in [3.63, 3.8) is 0 Å². The van der Waals surface area contributed by atoms with Gasteiger partial charge in [-0.15, -0.1) is 0 Å². The van der Waals surface area contributed by atoms with Crippen molar-refractivity contribution in [3.8, 4) is 11.3 Å². The van der Waals surface area contributed by atoms with Crippen LogP contribution in [0.5, 0.6) is 0 Å². The highest BCUT2D eigenvalue weighted by Crippen LogP contribution is 2.25. The third-order valence-corrected chi connectivity index (χ3v) is 3.41. The van der Waals surface area contributed by atoms with Crippen molar-refractivity contribution >= 4 is 29.1 Å². The number of nitrogens with one attached hydrogen (secondary N) is 1. The molecule has 0 aliphatic carbocycles. The normalized spacial score (nSPS) is 10.3. The molecule has 3 aromatic rings. The first-order valence-corrected chi connectivity index (χ1v) is 7.18. The third-order valence-electron chi connectivity index (χ3n) is 3.17. The maximum Gasteiger partial charge on any atom is 0.339 e. The fraction of sp³-hybridized carbons (Fsp3) is 0. The second-order valence-electron chi connectivity index (χ2n) is 4.77. The Balaban J connectivity index is 2.04. The number of rotatable bonds is 4. The van der Waals surface area contributed by atoms with Crippen molar-refractivity contribution in [2.24, 2.45) is 0 Å². The molecule has 3 rings (SSSR count). The van der Waals surface area contributed by atoms with Gasteiger partial charge in [0.15, 0.2) is 0 Å². The summed E-state index contributed by atoms with van der Waals surface area (Å²) in [4.78, 5) is 19.9. The van der Waals surface area contributed by atoms with Crippen LogP contribution in [0, 0.1) is 0 Å². The molecular formula is C17H12ClN3O2. The Hall–Kier alpha value is -2.92. The van der Waals surface area contributed by atoms with Crippen molar-refractivity contribution in [2.75, 3.05) is 5.32 Å². The van der Waals surface area contributed by atoms with Crippen molar-refractivity contribution in [1.82, 2.24) is 9.97 Å². The average molecular weight is 326 g/mol. The van der Waals surface area contributed by atoms with Gasteiger partial charge in [-0.25, -0.2) is 9.78 Å². The molecular weight excluding hydrogens is 314 g/mol. The summed E-state index contributed by atoms with van der Waals surface area (Å²) in [5, 5.41) is 12.9. The van der Waals surface area contributed by atoms with Gasteiger partial charge in [-0.2, -0.15) is 0 Å². The summed E-state index contributed by atoms with van der Waals surface area (Å²) in [5.74, 6) is -0.805. The van der Waals surface area contributed by atoms with E-state index in [0.717, 1.165) is 5.56 Å². The molecule has 0 radical (unpaired) electrons. The lowest BCUT2D eigenvalue weighted by atomic mass is 10.1. The molecule has 0 saturated carbocycles. The van der Waals surface area contributed by atoms with E-state index >= 15 is 0 Å². The number of hydrogen-bond acceptors (Lipinski definition) is 4. The zero-order valence-electron chi connectivity index (χ0n) is 11.9. The van der Waals surface area contributed by atoms with Gasteiger partial charge in [-0.1, -0.05) is 17.7 Å². The van der Waals surface area contributed by atoms with E-state index in [2.05, 4.69) is 15.3 Å². The molecule has 0 aliphatic rings. The van der Waals surface area contributed by atoms with E-state index in [1.807, 2.05) is 6.07 Å². The Bertz CT molecular complexity index is 853. The Kier molecular flexibility index (Phi) is 4.21. The fourth-order valence-corrected chi connectivity index (χ4v) is 2.30. The van der Waals surface area contributed by atoms with Crippen molar-refractivity contribution in [2.45, 2.75) is 0 Å². The van der Waals surface area contributed by atoms with Crippen LogP contribution in [0.25, 0.3) is 11.3 Å². The standard InChI is InChI=1S/C17H12ClN3O2/c18-12-4-1-5-13(9-12)20-16-14(17(22)23)6-7-15(21-16)11-3-2-8-19-10-11/h1-10H,(H,20,21)(H,22,23). The highest BCUT2D eigenvalue weighted by Gasteiger charge is 2.13. The molecule has 6 heteroatoms. The lowest BCUT2D eigenvalue weighted by Gasteiger charge is -2.11. The number of pyridine rings is 2. The number of aromatic nitrogens is 2. The van der Waals surface area contributed by atoms with Gasteiger partial charge in [0.25, 0.3) is 0 Å². The molecule has 0 spiro atoms. The molecule has 2 N–H and O–H groups in total. The highest BCUT2D eigenvalue weighted by molar-refractivity contribution is 6.30. The van der Waals surface area contributed by atoms with E-state index in [1.165, 1.54) is 6.07 Å². The van der Waals surface area contributed by atoms with Gasteiger partial charge in [0.1, 0.15) is 11.4 Å². The molecule has 0 fully saturated rings. The Morgan fingerprint density at radius 1 is 1.13 bits per heavy atom. The van der Waals surface area contributed by atoms with Crippen LogP contribution in [0.3, 0.4) is 0 Å². The van der Waals surface area contributed by atoms with E-state index in [4.69, 9.17) is 11.6 Å². The van der Waals surface area contributed by atoms with Crippen LogP contribution in [-0.4, -0.2) is 21.0 Å². The SMILES string of the molecule is O=C(O)c1ccc(-c2cccnc2)nc1Nc1cccc(Cl)c1. The van der Waals surface area contributed by atoms with Crippen LogP contribution in [0.1, 0.15) is 10.4 Å². The molecule has 5 nitrogen and oxygen atoms in total. The highest BCUT2D eigenvalue weighted by atomic mass is 35.5. The van der Waals surface area contributed by atoms with Crippen LogP contribution in [0.2, 0.25) is 5.02 Å². The first kappa shape index (κ1) is 15.0. The first-order valence-electron chi connectivity index (χ1n) is 6.81. The summed E-state index contributed by atoms with van der Waals surface area (Å²) < 4.78 is 0. The predicted molar refractivity (Wildman–Crippen MR) is 89.2 cm³/mol. The minimum Gasteiger partial charge on any atom is -0.478 e. The van der Waals surface area contributed by atoms with Gasteiger partial charge >= 0.3 is 5.97 Å². The minimum atomic E-state index is -1.06. The van der Waals surface area contributed by atoms with Crippen molar-refractivity contribution in [3.05, 3.63) is 71.5 Å². The Morgan fingerprint density at radius 3 is 2.70 bits per heavy atom. The van der Waals surface area contributed by atoms with Gasteiger partial charge in [-0.05, 0) is 42.5 Å². The lowest BCUT2D eigenvalue weighted by molar-refractivity contribution is 0.0697. The molecule has 0 aliphatic heterocycles. The number of anilines is 2. The molecule has 23 heavy (non-hydrogen) atoms. The van der Waals surface area contributed by atoms with E-state index in [0.29, 0.717) is 16.4 Å². The van der Waals surface area contributed by atoms with Gasteiger partial charge in [0, 0.05) is 28.7 Å². The Morgan fingerprint density at radius 2 is 2.00 bits per heavy atom. The van der Waals surface area contributed by atoms with Gasteiger partial charge in [0.05, 0.1) is 5.69 Å². The molecule has 0 unspecified atom stereocenters. The number of carboxylic acid groups (broad SMARTS) is 1. The fourth-order valence-electron chi connectivity index (χ4n) is 2.11. The largest absolute Gasteiger partial charge is 0.478 e. The summed E-state index contributed by atoms with van der Waals surface area (Å²) >= 11 is 5.96. The van der Waals surface area contributed by atoms with Crippen LogP contribution in [0.4, 0.5) is 11.5 Å². The Labute approximate surface area is 137 Å². The minimum absolute atomic E-state index is 0.0811. The van der Waals surface area contributed by atoms with Crippen LogP contribution in [-0.2, 0) is 0 Å². The maximum absolute atomic E-state index is 11.4. The van der Waals surface area contributed by atoms with E-state index in [9.17, 15) is 9.90 Å². The number of halogens is 1. The van der Waals surface area contributed by atoms with E-state index in [1.54, 1.807) is 48.8 Å². The van der Waals surface area contributed by atoms with Crippen molar-refractivity contribution < 1.29 is 9.90 Å². The number of nitrogens with zero attached hydrogens (tertiary/aromatic N) is 2. The molecule has 0 saturated heterocycles. The third kappa shape index (κ3) is 3.46. The molecule has 0 atom stereocenters. The number of carboxylic acids is 1. The van der Waals surface area contributed by atoms with E-state index in [-0.39, 0.29) is 11.4 Å². The van der Waals surface area contributed by atoms with Gasteiger partial charge in [-0.3, -0.25) is 4.98 Å². The van der Waals surface area contributed by atoms with Crippen LogP contribution < -0.4 is 5.32 Å². The molecule has 2 heterocycles. The lowest BCUT2D eigenvalue weighted by Crippen LogP contribution is -2.05. The molecule has 2 aromatic heterocycles. The quantitative estimate of drug-likeness (QED) is 0.750. The monoisotopic (exact) mass is 325 g/mol. The summed E-state index contributed by atoms with van der Waals surface area (Å²) in [6, 6.07) is 13.8. The number of hydrogen-bond donors (Lipinski definition) is 2. The zero-order chi connectivity index (χ0) is 16.2. The first-order chi connectivity index (χ1) is 11.1. The predicted octanol–water partition coefficient (Wildman–Crippen LogP) is 4.24. The second-order valence-corrected chi connectivity index (χ2v) is 5.21. The average Bonchev–Trinajstić information content (AvgIpc) is 2.55. The summed E-state index contributed by atoms with van der Waals surface area (Å²) in [6.45, 7) is 0. The molecule has 0 bridgehead atoms. The van der Waals surface area contributed by atoms with Crippen LogP contribution >= 0.6 is 11.6 Å². The molecule has 114 valence electrons. The number of benzene rings is 1. The summed E-state index contributed by atoms with van der Waals surface area (Å²) in [7, 11) is 0. The summed E-state index contributed by atoms with van der Waals surface area (Å²) in [5.41, 5.74) is 2.18. The maximum atomic E-state index is 11.4. The molecule has 1 aromatic carbocycles. The van der Waals surface area contributed by atoms with Gasteiger partial charge in [0.2, 0.25) is 0 Å². The smallest absolute Gasteiger partial charge is 0.339 e. The molecule has 0 amide bonds. The second kappa shape index (κ2) is 6.46. The summed E-state index contributed by atoms with van der Waals surface area (Å²) in [6.07, 6.45) is 3.34. The van der Waals surface area contributed by atoms with Crippen molar-refractivity contribution in [1.29, 1.82) is 0 Å².